The fourth-order valence-corrected chi connectivity index (χ4v) is 2.50. The molecule has 0 bridgehead atoms. The van der Waals surface area contributed by atoms with Crippen molar-refractivity contribution in [2.75, 3.05) is 19.8 Å². The Morgan fingerprint density at radius 2 is 1.91 bits per heavy atom. The van der Waals surface area contributed by atoms with Crippen LogP contribution in [0.3, 0.4) is 0 Å². The second-order valence-corrected chi connectivity index (χ2v) is 7.18. The molecule has 0 radical (unpaired) electrons. The largest absolute Gasteiger partial charge is 0.444 e. The predicted molar refractivity (Wildman–Crippen MR) is 82.6 cm³/mol. The summed E-state index contributed by atoms with van der Waals surface area (Å²) in [5, 5.41) is 9.17. The van der Waals surface area contributed by atoms with E-state index in [9.17, 15) is 18.7 Å². The van der Waals surface area contributed by atoms with Gasteiger partial charge in [0, 0.05) is 25.4 Å². The van der Waals surface area contributed by atoms with Crippen LogP contribution in [-0.4, -0.2) is 59.5 Å². The molecule has 7 heteroatoms. The first-order valence-electron chi connectivity index (χ1n) is 8.13. The Bertz CT molecular complexity index is 373. The first-order chi connectivity index (χ1) is 10.5. The molecule has 0 aromatic carbocycles. The molecule has 0 unspecified atom stereocenters. The molecular weight excluding hydrogens is 308 g/mol. The van der Waals surface area contributed by atoms with Crippen LogP contribution in [0.2, 0.25) is 0 Å². The summed E-state index contributed by atoms with van der Waals surface area (Å²) in [6, 6.07) is -0.264. The number of nitrogens with zero attached hydrogens (tertiary/aromatic N) is 1. The summed E-state index contributed by atoms with van der Waals surface area (Å²) >= 11 is 0. The van der Waals surface area contributed by atoms with Crippen LogP contribution in [-0.2, 0) is 9.47 Å². The molecule has 0 aromatic heterocycles. The van der Waals surface area contributed by atoms with Gasteiger partial charge in [0.25, 0.3) is 0 Å². The van der Waals surface area contributed by atoms with Gasteiger partial charge in [-0.3, -0.25) is 0 Å². The average Bonchev–Trinajstić information content (AvgIpc) is 2.37. The number of aliphatic hydroxyl groups excluding tert-OH is 1. The van der Waals surface area contributed by atoms with Crippen molar-refractivity contribution < 1.29 is 28.2 Å². The first-order valence-corrected chi connectivity index (χ1v) is 8.13. The molecule has 0 spiro atoms. The van der Waals surface area contributed by atoms with Crippen LogP contribution in [0.15, 0.2) is 0 Å². The fourth-order valence-electron chi connectivity index (χ4n) is 2.50. The first kappa shape index (κ1) is 20.1. The summed E-state index contributed by atoms with van der Waals surface area (Å²) in [5.74, 6) is -2.64. The maximum absolute atomic E-state index is 13.3. The number of hydrogen-bond donors (Lipinski definition) is 1. The lowest BCUT2D eigenvalue weighted by Gasteiger charge is -2.37. The molecule has 1 fully saturated rings. The van der Waals surface area contributed by atoms with Crippen LogP contribution < -0.4 is 0 Å². The van der Waals surface area contributed by atoms with Gasteiger partial charge in [0.1, 0.15) is 5.60 Å². The molecule has 0 aromatic rings. The zero-order valence-corrected chi connectivity index (χ0v) is 14.5. The second-order valence-electron chi connectivity index (χ2n) is 7.18. The summed E-state index contributed by atoms with van der Waals surface area (Å²) in [6.07, 6.45) is -1.02. The minimum atomic E-state index is -2.64. The smallest absolute Gasteiger partial charge is 0.410 e. The Hall–Kier alpha value is -0.950. The number of carbonyl (C=O) groups is 1. The monoisotopic (exact) mass is 337 g/mol. The maximum atomic E-state index is 13.3. The number of hydrogen-bond acceptors (Lipinski definition) is 4. The van der Waals surface area contributed by atoms with Crippen LogP contribution in [0.4, 0.5) is 13.6 Å². The normalized spacial score (nSPS) is 20.1. The van der Waals surface area contributed by atoms with E-state index in [-0.39, 0.29) is 51.5 Å². The molecule has 0 saturated heterocycles. The molecule has 1 rings (SSSR count). The van der Waals surface area contributed by atoms with E-state index in [0.29, 0.717) is 0 Å². The van der Waals surface area contributed by atoms with E-state index in [2.05, 4.69) is 0 Å². The lowest BCUT2D eigenvalue weighted by molar-refractivity contribution is -0.0603. The lowest BCUT2D eigenvalue weighted by atomic mass is 9.91. The van der Waals surface area contributed by atoms with Crippen LogP contribution >= 0.6 is 0 Å². The van der Waals surface area contributed by atoms with Crippen molar-refractivity contribution in [3.63, 3.8) is 0 Å². The number of alkyl halides is 2. The SMILES string of the molecule is C[C@@H](O)COCCN(C(=O)OC(C)(C)C)C1CCC(F)(F)CC1. The molecule has 1 saturated carbocycles. The van der Waals surface area contributed by atoms with E-state index >= 15 is 0 Å². The highest BCUT2D eigenvalue weighted by Gasteiger charge is 2.39. The van der Waals surface area contributed by atoms with Gasteiger partial charge in [0.2, 0.25) is 5.92 Å². The minimum absolute atomic E-state index is 0.172. The standard InChI is InChI=1S/C16H29F2NO4/c1-12(20)11-22-10-9-19(14(21)23-15(2,3)4)13-5-7-16(17,18)8-6-13/h12-13,20H,5-11H2,1-4H3/t12-/m1/s1. The van der Waals surface area contributed by atoms with Crippen molar-refractivity contribution in [2.45, 2.75) is 77.0 Å². The summed E-state index contributed by atoms with van der Waals surface area (Å²) in [5.41, 5.74) is -0.644. The zero-order chi connectivity index (χ0) is 17.7. The van der Waals surface area contributed by atoms with Crippen molar-refractivity contribution in [1.29, 1.82) is 0 Å². The molecule has 0 aliphatic heterocycles. The summed E-state index contributed by atoms with van der Waals surface area (Å²) in [7, 11) is 0. The van der Waals surface area contributed by atoms with Gasteiger partial charge in [0.15, 0.2) is 0 Å². The van der Waals surface area contributed by atoms with Gasteiger partial charge in [-0.1, -0.05) is 0 Å². The van der Waals surface area contributed by atoms with Crippen LogP contribution in [0.25, 0.3) is 0 Å². The Kier molecular flexibility index (Phi) is 7.20. The number of amides is 1. The molecule has 1 amide bonds. The van der Waals surface area contributed by atoms with Crippen molar-refractivity contribution in [2.24, 2.45) is 0 Å². The maximum Gasteiger partial charge on any atom is 0.410 e. The molecule has 0 heterocycles. The van der Waals surface area contributed by atoms with Gasteiger partial charge in [-0.25, -0.2) is 13.6 Å². The highest BCUT2D eigenvalue weighted by Crippen LogP contribution is 2.35. The van der Waals surface area contributed by atoms with Gasteiger partial charge in [-0.05, 0) is 40.5 Å². The number of rotatable bonds is 6. The molecule has 1 aliphatic carbocycles. The minimum Gasteiger partial charge on any atom is -0.444 e. The van der Waals surface area contributed by atoms with E-state index in [4.69, 9.17) is 9.47 Å². The van der Waals surface area contributed by atoms with Crippen molar-refractivity contribution in [3.05, 3.63) is 0 Å². The van der Waals surface area contributed by atoms with Crippen LogP contribution in [0.5, 0.6) is 0 Å². The summed E-state index contributed by atoms with van der Waals surface area (Å²) in [4.78, 5) is 13.8. The molecular formula is C16H29F2NO4. The Balaban J connectivity index is 2.62. The molecule has 23 heavy (non-hydrogen) atoms. The molecule has 136 valence electrons. The summed E-state index contributed by atoms with van der Waals surface area (Å²) < 4.78 is 37.3. The third kappa shape index (κ3) is 7.92. The fraction of sp³-hybridized carbons (Fsp3) is 0.938. The molecule has 1 N–H and O–H groups in total. The molecule has 1 atom stereocenters. The number of halogens is 2. The van der Waals surface area contributed by atoms with E-state index < -0.39 is 23.7 Å². The van der Waals surface area contributed by atoms with Gasteiger partial charge in [-0.15, -0.1) is 0 Å². The number of aliphatic hydroxyl groups is 1. The quantitative estimate of drug-likeness (QED) is 0.756. The highest BCUT2D eigenvalue weighted by molar-refractivity contribution is 5.68. The predicted octanol–water partition coefficient (Wildman–Crippen LogP) is 3.20. The average molecular weight is 337 g/mol. The third-order valence-corrected chi connectivity index (χ3v) is 3.59. The second kappa shape index (κ2) is 8.24. The van der Waals surface area contributed by atoms with Gasteiger partial charge in [0.05, 0.1) is 19.3 Å². The van der Waals surface area contributed by atoms with Gasteiger partial charge < -0.3 is 19.5 Å². The third-order valence-electron chi connectivity index (χ3n) is 3.59. The van der Waals surface area contributed by atoms with E-state index in [1.165, 1.54) is 4.90 Å². The molecule has 1 aliphatic rings. The lowest BCUT2D eigenvalue weighted by Crippen LogP contribution is -2.47. The number of ether oxygens (including phenoxy) is 2. The van der Waals surface area contributed by atoms with E-state index in [1.807, 2.05) is 0 Å². The van der Waals surface area contributed by atoms with Crippen molar-refractivity contribution in [3.8, 4) is 0 Å². The summed E-state index contributed by atoms with van der Waals surface area (Å²) in [6.45, 7) is 7.57. The van der Waals surface area contributed by atoms with Crippen molar-refractivity contribution >= 4 is 6.09 Å². The van der Waals surface area contributed by atoms with Gasteiger partial charge in [-0.2, -0.15) is 0 Å². The van der Waals surface area contributed by atoms with E-state index in [1.54, 1.807) is 27.7 Å². The Morgan fingerprint density at radius 1 is 1.35 bits per heavy atom. The topological polar surface area (TPSA) is 59.0 Å². The van der Waals surface area contributed by atoms with Gasteiger partial charge >= 0.3 is 6.09 Å². The van der Waals surface area contributed by atoms with Crippen molar-refractivity contribution in [1.82, 2.24) is 4.90 Å². The van der Waals surface area contributed by atoms with Crippen LogP contribution in [0, 0.1) is 0 Å². The zero-order valence-electron chi connectivity index (χ0n) is 14.5. The number of carbonyl (C=O) groups excluding carboxylic acids is 1. The van der Waals surface area contributed by atoms with E-state index in [0.717, 1.165) is 0 Å². The Morgan fingerprint density at radius 3 is 2.39 bits per heavy atom. The Labute approximate surface area is 136 Å². The highest BCUT2D eigenvalue weighted by atomic mass is 19.3. The molecule has 5 nitrogen and oxygen atoms in total. The van der Waals surface area contributed by atoms with Crippen LogP contribution in [0.1, 0.15) is 53.4 Å².